The van der Waals surface area contributed by atoms with Crippen molar-refractivity contribution in [3.8, 4) is 17.1 Å². The van der Waals surface area contributed by atoms with Crippen molar-refractivity contribution >= 4 is 11.8 Å². The number of hydrogen-bond donors (Lipinski definition) is 2. The number of primary amides is 1. The molecule has 0 saturated heterocycles. The second-order valence-electron chi connectivity index (χ2n) is 6.55. The van der Waals surface area contributed by atoms with Crippen molar-refractivity contribution in [3.05, 3.63) is 59.2 Å². The molecule has 0 saturated carbocycles. The monoisotopic (exact) mass is 394 g/mol. The number of aromatic nitrogens is 4. The Morgan fingerprint density at radius 3 is 2.59 bits per heavy atom. The standard InChI is InChI=1S/C20H22N6O3/c1-13-3-8-17(14(2)11-13)29-10-9-22-18(27)12-26-24-20(23-25-26)16-6-4-15(5-7-16)19(21)28/h3-8,11H,9-10,12H2,1-2H3,(H2,21,28)(H,22,27). The second-order valence-corrected chi connectivity index (χ2v) is 6.55. The van der Waals surface area contributed by atoms with Crippen LogP contribution in [0.1, 0.15) is 21.5 Å². The molecule has 0 atom stereocenters. The van der Waals surface area contributed by atoms with Crippen LogP contribution in [0.2, 0.25) is 0 Å². The van der Waals surface area contributed by atoms with Gasteiger partial charge in [-0.2, -0.15) is 4.80 Å². The van der Waals surface area contributed by atoms with Gasteiger partial charge in [0.25, 0.3) is 0 Å². The summed E-state index contributed by atoms with van der Waals surface area (Å²) in [6.07, 6.45) is 0. The number of amides is 2. The summed E-state index contributed by atoms with van der Waals surface area (Å²) in [5.74, 6) is 0.399. The van der Waals surface area contributed by atoms with Crippen LogP contribution in [0.25, 0.3) is 11.4 Å². The van der Waals surface area contributed by atoms with Crippen molar-refractivity contribution in [3.63, 3.8) is 0 Å². The molecule has 0 aliphatic heterocycles. The van der Waals surface area contributed by atoms with Gasteiger partial charge in [0.2, 0.25) is 17.6 Å². The topological polar surface area (TPSA) is 125 Å². The third-order valence-electron chi connectivity index (χ3n) is 4.18. The molecule has 0 unspecified atom stereocenters. The molecule has 0 aliphatic rings. The molecule has 1 aromatic heterocycles. The van der Waals surface area contributed by atoms with E-state index in [1.807, 2.05) is 32.0 Å². The minimum absolute atomic E-state index is 0.0596. The van der Waals surface area contributed by atoms with Gasteiger partial charge in [-0.05, 0) is 42.8 Å². The number of nitrogens with one attached hydrogen (secondary N) is 1. The molecule has 2 aromatic carbocycles. The van der Waals surface area contributed by atoms with E-state index in [1.165, 1.54) is 10.4 Å². The van der Waals surface area contributed by atoms with Crippen LogP contribution in [0.3, 0.4) is 0 Å². The van der Waals surface area contributed by atoms with Crippen molar-refractivity contribution < 1.29 is 14.3 Å². The van der Waals surface area contributed by atoms with Crippen molar-refractivity contribution in [1.82, 2.24) is 25.5 Å². The zero-order valence-corrected chi connectivity index (χ0v) is 16.3. The van der Waals surface area contributed by atoms with Crippen molar-refractivity contribution in [2.45, 2.75) is 20.4 Å². The van der Waals surface area contributed by atoms with Crippen molar-refractivity contribution in [2.24, 2.45) is 5.73 Å². The second kappa shape index (κ2) is 8.96. The molecular formula is C20H22N6O3. The van der Waals surface area contributed by atoms with Crippen LogP contribution in [-0.4, -0.2) is 45.2 Å². The lowest BCUT2D eigenvalue weighted by Crippen LogP contribution is -2.31. The molecule has 0 radical (unpaired) electrons. The minimum atomic E-state index is -0.508. The molecule has 3 N–H and O–H groups in total. The fourth-order valence-corrected chi connectivity index (χ4v) is 2.71. The first-order chi connectivity index (χ1) is 13.9. The highest BCUT2D eigenvalue weighted by Crippen LogP contribution is 2.18. The van der Waals surface area contributed by atoms with Crippen molar-refractivity contribution in [1.29, 1.82) is 0 Å². The molecule has 29 heavy (non-hydrogen) atoms. The lowest BCUT2D eigenvalue weighted by Gasteiger charge is -2.10. The number of aryl methyl sites for hydroxylation is 2. The number of nitrogens with two attached hydrogens (primary N) is 1. The normalized spacial score (nSPS) is 10.6. The van der Waals surface area contributed by atoms with E-state index in [-0.39, 0.29) is 12.5 Å². The molecule has 0 bridgehead atoms. The van der Waals surface area contributed by atoms with E-state index in [0.29, 0.717) is 30.1 Å². The fourth-order valence-electron chi connectivity index (χ4n) is 2.71. The fraction of sp³-hybridized carbons (Fsp3) is 0.250. The number of ether oxygens (including phenoxy) is 1. The maximum atomic E-state index is 12.1. The summed E-state index contributed by atoms with van der Waals surface area (Å²) in [4.78, 5) is 24.4. The Balaban J connectivity index is 1.47. The number of rotatable bonds is 8. The summed E-state index contributed by atoms with van der Waals surface area (Å²) in [5, 5.41) is 14.7. The van der Waals surface area contributed by atoms with Crippen LogP contribution in [0.5, 0.6) is 5.75 Å². The van der Waals surface area contributed by atoms with Gasteiger partial charge in [-0.15, -0.1) is 10.2 Å². The van der Waals surface area contributed by atoms with Gasteiger partial charge < -0.3 is 15.8 Å². The highest BCUT2D eigenvalue weighted by Gasteiger charge is 2.10. The first-order valence-corrected chi connectivity index (χ1v) is 9.07. The average Bonchev–Trinajstić information content (AvgIpc) is 3.15. The Morgan fingerprint density at radius 2 is 1.90 bits per heavy atom. The van der Waals surface area contributed by atoms with Gasteiger partial charge in [0.05, 0.1) is 6.54 Å². The summed E-state index contributed by atoms with van der Waals surface area (Å²) < 4.78 is 5.68. The van der Waals surface area contributed by atoms with Crippen LogP contribution in [0.4, 0.5) is 0 Å². The van der Waals surface area contributed by atoms with E-state index in [0.717, 1.165) is 11.3 Å². The molecule has 1 heterocycles. The van der Waals surface area contributed by atoms with Crippen molar-refractivity contribution in [2.75, 3.05) is 13.2 Å². The average molecular weight is 394 g/mol. The number of nitrogens with zero attached hydrogens (tertiary/aromatic N) is 4. The molecule has 2 amide bonds. The van der Waals surface area contributed by atoms with Gasteiger partial charge in [0, 0.05) is 11.1 Å². The lowest BCUT2D eigenvalue weighted by atomic mass is 10.1. The van der Waals surface area contributed by atoms with Crippen LogP contribution in [-0.2, 0) is 11.3 Å². The first-order valence-electron chi connectivity index (χ1n) is 9.07. The Labute approximate surface area is 167 Å². The van der Waals surface area contributed by atoms with E-state index in [9.17, 15) is 9.59 Å². The third-order valence-corrected chi connectivity index (χ3v) is 4.18. The number of hydrogen-bond acceptors (Lipinski definition) is 6. The Hall–Kier alpha value is -3.75. The molecule has 9 heteroatoms. The molecule has 9 nitrogen and oxygen atoms in total. The highest BCUT2D eigenvalue weighted by atomic mass is 16.5. The van der Waals surface area contributed by atoms with Crippen LogP contribution in [0.15, 0.2) is 42.5 Å². The molecule has 3 aromatic rings. The summed E-state index contributed by atoms with van der Waals surface area (Å²) in [6.45, 7) is 4.67. The molecule has 0 spiro atoms. The maximum Gasteiger partial charge on any atom is 0.248 e. The first kappa shape index (κ1) is 20.0. The number of carbonyl (C=O) groups is 2. The zero-order chi connectivity index (χ0) is 20.8. The SMILES string of the molecule is Cc1ccc(OCCNC(=O)Cn2nnc(-c3ccc(C(N)=O)cc3)n2)c(C)c1. The molecule has 0 aliphatic carbocycles. The lowest BCUT2D eigenvalue weighted by molar-refractivity contribution is -0.122. The van der Waals surface area contributed by atoms with Gasteiger partial charge in [-0.3, -0.25) is 9.59 Å². The van der Waals surface area contributed by atoms with E-state index in [2.05, 4.69) is 20.7 Å². The smallest absolute Gasteiger partial charge is 0.248 e. The Bertz CT molecular complexity index is 1010. The maximum absolute atomic E-state index is 12.1. The molecule has 150 valence electrons. The van der Waals surface area contributed by atoms with E-state index in [1.54, 1.807) is 24.3 Å². The molecule has 3 rings (SSSR count). The van der Waals surface area contributed by atoms with E-state index in [4.69, 9.17) is 10.5 Å². The van der Waals surface area contributed by atoms with Crippen LogP contribution in [0, 0.1) is 13.8 Å². The summed E-state index contributed by atoms with van der Waals surface area (Å²) in [7, 11) is 0. The van der Waals surface area contributed by atoms with E-state index < -0.39 is 5.91 Å². The van der Waals surface area contributed by atoms with Gasteiger partial charge in [-0.1, -0.05) is 29.8 Å². The number of carbonyl (C=O) groups excluding carboxylic acids is 2. The van der Waals surface area contributed by atoms with Crippen LogP contribution >= 0.6 is 0 Å². The van der Waals surface area contributed by atoms with Gasteiger partial charge >= 0.3 is 0 Å². The molecular weight excluding hydrogens is 372 g/mol. The predicted molar refractivity (Wildman–Crippen MR) is 106 cm³/mol. The van der Waals surface area contributed by atoms with Gasteiger partial charge in [0.15, 0.2) is 0 Å². The third kappa shape index (κ3) is 5.38. The summed E-state index contributed by atoms with van der Waals surface area (Å²) >= 11 is 0. The zero-order valence-electron chi connectivity index (χ0n) is 16.3. The Morgan fingerprint density at radius 1 is 1.14 bits per heavy atom. The predicted octanol–water partition coefficient (Wildman–Crippen LogP) is 1.25. The molecule has 0 fully saturated rings. The summed E-state index contributed by atoms with van der Waals surface area (Å²) in [5.41, 5.74) is 8.51. The highest BCUT2D eigenvalue weighted by molar-refractivity contribution is 5.93. The minimum Gasteiger partial charge on any atom is -0.491 e. The van der Waals surface area contributed by atoms with E-state index >= 15 is 0 Å². The van der Waals surface area contributed by atoms with Crippen LogP contribution < -0.4 is 15.8 Å². The summed E-state index contributed by atoms with van der Waals surface area (Å²) in [6, 6.07) is 12.5. The number of benzene rings is 2. The quantitative estimate of drug-likeness (QED) is 0.554. The Kier molecular flexibility index (Phi) is 6.18. The van der Waals surface area contributed by atoms with Gasteiger partial charge in [0.1, 0.15) is 18.9 Å². The number of tetrazole rings is 1. The van der Waals surface area contributed by atoms with Gasteiger partial charge in [-0.25, -0.2) is 0 Å². The largest absolute Gasteiger partial charge is 0.491 e.